The zero-order valence-electron chi connectivity index (χ0n) is 12.0. The number of rotatable bonds is 3. The molecule has 7 heteroatoms. The van der Waals surface area contributed by atoms with Gasteiger partial charge < -0.3 is 10.2 Å². The predicted octanol–water partition coefficient (Wildman–Crippen LogP) is 3.13. The van der Waals surface area contributed by atoms with Crippen LogP contribution in [0.3, 0.4) is 0 Å². The van der Waals surface area contributed by atoms with Crippen LogP contribution in [-0.2, 0) is 6.18 Å². The lowest BCUT2D eigenvalue weighted by Crippen LogP contribution is -2.52. The van der Waals surface area contributed by atoms with Gasteiger partial charge in [-0.1, -0.05) is 0 Å². The molecule has 0 saturated carbocycles. The third-order valence-corrected chi connectivity index (χ3v) is 4.46. The van der Waals surface area contributed by atoms with E-state index in [1.807, 2.05) is 0 Å². The Morgan fingerprint density at radius 3 is 2.62 bits per heavy atom. The smallest absolute Gasteiger partial charge is 0.383 e. The van der Waals surface area contributed by atoms with Crippen LogP contribution in [0.5, 0.6) is 0 Å². The van der Waals surface area contributed by atoms with Gasteiger partial charge in [-0.05, 0) is 48.2 Å². The average molecular weight is 366 g/mol. The highest BCUT2D eigenvalue weighted by molar-refractivity contribution is 9.10. The average Bonchev–Trinajstić information content (AvgIpc) is 2.40. The number of hydrogen-bond donors (Lipinski definition) is 1. The number of benzene rings is 1. The lowest BCUT2D eigenvalue weighted by molar-refractivity contribution is -0.137. The minimum absolute atomic E-state index is 0.345. The van der Waals surface area contributed by atoms with E-state index >= 15 is 0 Å². The van der Waals surface area contributed by atoms with E-state index in [4.69, 9.17) is 0 Å². The van der Waals surface area contributed by atoms with E-state index in [0.29, 0.717) is 22.7 Å². The highest BCUT2D eigenvalue weighted by Crippen LogP contribution is 2.33. The van der Waals surface area contributed by atoms with E-state index in [9.17, 15) is 13.2 Å². The highest BCUT2D eigenvalue weighted by atomic mass is 79.9. The van der Waals surface area contributed by atoms with E-state index in [1.165, 1.54) is 6.07 Å². The Morgan fingerprint density at radius 1 is 1.29 bits per heavy atom. The van der Waals surface area contributed by atoms with Crippen molar-refractivity contribution in [2.75, 3.05) is 45.6 Å². The molecule has 0 amide bonds. The van der Waals surface area contributed by atoms with Gasteiger partial charge in [0.2, 0.25) is 0 Å². The summed E-state index contributed by atoms with van der Waals surface area (Å²) in [6.07, 6.45) is -4.31. The van der Waals surface area contributed by atoms with Gasteiger partial charge in [-0.25, -0.2) is 0 Å². The van der Waals surface area contributed by atoms with Crippen LogP contribution in [-0.4, -0.2) is 56.1 Å². The molecule has 0 radical (unpaired) electrons. The fourth-order valence-electron chi connectivity index (χ4n) is 2.38. The van der Waals surface area contributed by atoms with Gasteiger partial charge in [-0.2, -0.15) is 13.2 Å². The number of alkyl halides is 3. The van der Waals surface area contributed by atoms with Gasteiger partial charge in [0.15, 0.2) is 0 Å². The maximum Gasteiger partial charge on any atom is 0.416 e. The zero-order chi connectivity index (χ0) is 15.6. The molecule has 1 saturated heterocycles. The van der Waals surface area contributed by atoms with E-state index in [0.717, 1.165) is 31.8 Å². The summed E-state index contributed by atoms with van der Waals surface area (Å²) in [5.74, 6) is 0. The van der Waals surface area contributed by atoms with Crippen molar-refractivity contribution in [3.05, 3.63) is 28.2 Å². The van der Waals surface area contributed by atoms with Crippen molar-refractivity contribution >= 4 is 21.6 Å². The lowest BCUT2D eigenvalue weighted by Gasteiger charge is -2.38. The fourth-order valence-corrected chi connectivity index (χ4v) is 2.90. The number of piperazine rings is 1. The molecule has 1 aliphatic heterocycles. The molecular weight excluding hydrogens is 347 g/mol. The molecule has 21 heavy (non-hydrogen) atoms. The van der Waals surface area contributed by atoms with Crippen LogP contribution in [0.25, 0.3) is 0 Å². The summed E-state index contributed by atoms with van der Waals surface area (Å²) >= 11 is 3.21. The molecule has 0 bridgehead atoms. The number of nitrogens with zero attached hydrogens (tertiary/aromatic N) is 2. The van der Waals surface area contributed by atoms with Gasteiger partial charge in [0, 0.05) is 42.4 Å². The molecule has 1 heterocycles. The number of hydrogen-bond acceptors (Lipinski definition) is 3. The van der Waals surface area contributed by atoms with Gasteiger partial charge in [-0.15, -0.1) is 0 Å². The van der Waals surface area contributed by atoms with Crippen molar-refractivity contribution in [1.29, 1.82) is 0 Å². The summed E-state index contributed by atoms with van der Waals surface area (Å²) in [4.78, 5) is 4.53. The Bertz CT molecular complexity index is 493. The molecular formula is C14H19BrF3N3. The van der Waals surface area contributed by atoms with Crippen molar-refractivity contribution in [3.8, 4) is 0 Å². The molecule has 2 rings (SSSR count). The fraction of sp³-hybridized carbons (Fsp3) is 0.571. The van der Waals surface area contributed by atoms with E-state index in [2.05, 4.69) is 45.1 Å². The first kappa shape index (κ1) is 16.6. The first-order chi connectivity index (χ1) is 9.77. The van der Waals surface area contributed by atoms with Crippen molar-refractivity contribution < 1.29 is 13.2 Å². The summed E-state index contributed by atoms with van der Waals surface area (Å²) in [5.41, 5.74) is 0.0408. The Hall–Kier alpha value is -0.790. The third kappa shape index (κ3) is 4.34. The Kier molecular flexibility index (Phi) is 5.16. The predicted molar refractivity (Wildman–Crippen MR) is 81.5 cm³/mol. The first-order valence-electron chi connectivity index (χ1n) is 6.77. The minimum Gasteiger partial charge on any atom is -0.383 e. The van der Waals surface area contributed by atoms with Crippen LogP contribution in [0.15, 0.2) is 22.7 Å². The van der Waals surface area contributed by atoms with Crippen molar-refractivity contribution in [1.82, 2.24) is 9.80 Å². The molecule has 3 nitrogen and oxygen atoms in total. The first-order valence-corrected chi connectivity index (χ1v) is 7.56. The third-order valence-electron chi connectivity index (χ3n) is 3.80. The minimum atomic E-state index is -4.31. The largest absolute Gasteiger partial charge is 0.416 e. The molecule has 1 unspecified atom stereocenters. The maximum absolute atomic E-state index is 12.6. The summed E-state index contributed by atoms with van der Waals surface area (Å²) in [7, 11) is 4.15. The summed E-state index contributed by atoms with van der Waals surface area (Å²) in [6.45, 7) is 3.68. The normalized spacial score (nSPS) is 21.5. The van der Waals surface area contributed by atoms with Crippen molar-refractivity contribution in [2.24, 2.45) is 0 Å². The van der Waals surface area contributed by atoms with Gasteiger partial charge in [0.25, 0.3) is 0 Å². The van der Waals surface area contributed by atoms with Gasteiger partial charge in [0.05, 0.1) is 5.56 Å². The molecule has 0 spiro atoms. The highest BCUT2D eigenvalue weighted by Gasteiger charge is 2.31. The standard InChI is InChI=1S/C14H19BrF3N3/c1-20-5-6-21(2)11(9-20)8-19-13-4-3-10(7-12(13)15)14(16,17)18/h3-4,7,11,19H,5-6,8-9H2,1-2H3. The Morgan fingerprint density at radius 2 is 2.00 bits per heavy atom. The van der Waals surface area contributed by atoms with E-state index < -0.39 is 11.7 Å². The number of halogens is 4. The molecule has 1 aromatic carbocycles. The van der Waals surface area contributed by atoms with Gasteiger partial charge in [-0.3, -0.25) is 4.90 Å². The van der Waals surface area contributed by atoms with Crippen molar-refractivity contribution in [3.63, 3.8) is 0 Å². The number of nitrogens with one attached hydrogen (secondary N) is 1. The molecule has 118 valence electrons. The van der Waals surface area contributed by atoms with E-state index in [-0.39, 0.29) is 0 Å². The molecule has 1 N–H and O–H groups in total. The van der Waals surface area contributed by atoms with Crippen LogP contribution in [0.4, 0.5) is 18.9 Å². The monoisotopic (exact) mass is 365 g/mol. The molecule has 1 fully saturated rings. The Labute approximate surface area is 131 Å². The lowest BCUT2D eigenvalue weighted by atomic mass is 10.1. The molecule has 0 aromatic heterocycles. The maximum atomic E-state index is 12.6. The van der Waals surface area contributed by atoms with Crippen LogP contribution in [0.1, 0.15) is 5.56 Å². The van der Waals surface area contributed by atoms with Gasteiger partial charge in [0.1, 0.15) is 0 Å². The summed E-state index contributed by atoms with van der Waals surface area (Å²) < 4.78 is 38.3. The van der Waals surface area contributed by atoms with Crippen LogP contribution < -0.4 is 5.32 Å². The summed E-state index contributed by atoms with van der Waals surface area (Å²) in [6, 6.07) is 4.03. The molecule has 1 aliphatic rings. The van der Waals surface area contributed by atoms with Crippen LogP contribution in [0, 0.1) is 0 Å². The second-order valence-electron chi connectivity index (χ2n) is 5.47. The van der Waals surface area contributed by atoms with Crippen LogP contribution >= 0.6 is 15.9 Å². The molecule has 0 aliphatic carbocycles. The SMILES string of the molecule is CN1CCN(C)C(CNc2ccc(C(F)(F)F)cc2Br)C1. The molecule has 1 atom stereocenters. The summed E-state index contributed by atoms with van der Waals surface area (Å²) in [5, 5.41) is 3.23. The van der Waals surface area contributed by atoms with Crippen LogP contribution in [0.2, 0.25) is 0 Å². The van der Waals surface area contributed by atoms with E-state index in [1.54, 1.807) is 0 Å². The second kappa shape index (κ2) is 6.54. The number of likely N-dealkylation sites (N-methyl/N-ethyl adjacent to an activating group) is 2. The zero-order valence-corrected chi connectivity index (χ0v) is 13.6. The van der Waals surface area contributed by atoms with Gasteiger partial charge >= 0.3 is 6.18 Å². The number of anilines is 1. The molecule has 1 aromatic rings. The Balaban J connectivity index is 2.00. The quantitative estimate of drug-likeness (QED) is 0.887. The second-order valence-corrected chi connectivity index (χ2v) is 6.32. The topological polar surface area (TPSA) is 18.5 Å². The van der Waals surface area contributed by atoms with Crippen molar-refractivity contribution in [2.45, 2.75) is 12.2 Å².